The van der Waals surface area contributed by atoms with Gasteiger partial charge < -0.3 is 12.3 Å². The van der Waals surface area contributed by atoms with E-state index in [0.717, 1.165) is 0 Å². The van der Waals surface area contributed by atoms with Crippen LogP contribution in [-0.4, -0.2) is 0 Å². The maximum atomic E-state index is 1.50. The van der Waals surface area contributed by atoms with Crippen LogP contribution in [0, 0.1) is 0 Å². The summed E-state index contributed by atoms with van der Waals surface area (Å²) >= 11 is 0. The van der Waals surface area contributed by atoms with Gasteiger partial charge in [-0.15, -0.1) is 0 Å². The molecule has 0 unspecified atom stereocenters. The molecule has 0 aliphatic heterocycles. The van der Waals surface area contributed by atoms with Crippen LogP contribution in [-0.2, 0) is 21.1 Å². The largest absolute Gasteiger partial charge is 0.344 e. The van der Waals surface area contributed by atoms with E-state index in [1.165, 1.54) is 38.5 Å². The monoisotopic (exact) mass is 313 g/mol. The number of hydrogen-bond donors (Lipinski definition) is 2. The van der Waals surface area contributed by atoms with Crippen LogP contribution in [0.5, 0.6) is 0 Å². The van der Waals surface area contributed by atoms with Crippen LogP contribution in [0.2, 0.25) is 0 Å². The Hall–Kier alpha value is 0.608. The van der Waals surface area contributed by atoms with Gasteiger partial charge >= 0.3 is 0 Å². The molecule has 2 nitrogen and oxygen atoms in total. The van der Waals surface area contributed by atoms with Gasteiger partial charge in [-0.1, -0.05) is 38.5 Å². The van der Waals surface area contributed by atoms with Crippen LogP contribution in [0.25, 0.3) is 0 Å². The summed E-state index contributed by atoms with van der Waals surface area (Å²) in [6.07, 6.45) is 9.00. The average molecular weight is 313 g/mol. The molecule has 0 aromatic carbocycles. The van der Waals surface area contributed by atoms with Crippen molar-refractivity contribution >= 4 is 0 Å². The zero-order valence-electron chi connectivity index (χ0n) is 5.97. The van der Waals surface area contributed by atoms with Crippen molar-refractivity contribution in [2.45, 2.75) is 38.5 Å². The van der Waals surface area contributed by atoms with Gasteiger partial charge in [0.15, 0.2) is 0 Å². The van der Waals surface area contributed by atoms with E-state index in [9.17, 15) is 0 Å². The van der Waals surface area contributed by atoms with E-state index in [1.54, 1.807) is 0 Å². The smallest absolute Gasteiger partial charge is 0 e. The molecular formula is C6H18N2Pt. The van der Waals surface area contributed by atoms with E-state index in [0.29, 0.717) is 0 Å². The van der Waals surface area contributed by atoms with Gasteiger partial charge in [0, 0.05) is 21.1 Å². The van der Waals surface area contributed by atoms with E-state index in [-0.39, 0.29) is 33.4 Å². The molecule has 3 heteroatoms. The third-order valence-corrected chi connectivity index (χ3v) is 1.50. The molecule has 0 spiro atoms. The van der Waals surface area contributed by atoms with Gasteiger partial charge in [0.05, 0.1) is 0 Å². The second-order valence-corrected chi connectivity index (χ2v) is 2.12. The van der Waals surface area contributed by atoms with Crippen molar-refractivity contribution in [2.24, 2.45) is 0 Å². The molecule has 0 saturated heterocycles. The first-order valence-electron chi connectivity index (χ1n) is 3.00. The Kier molecular flexibility index (Phi) is 20.7. The minimum atomic E-state index is 0. The van der Waals surface area contributed by atoms with Crippen molar-refractivity contribution in [1.29, 1.82) is 0 Å². The van der Waals surface area contributed by atoms with Gasteiger partial charge in [0.1, 0.15) is 0 Å². The Bertz CT molecular complexity index is 26.5. The molecule has 1 saturated carbocycles. The first kappa shape index (κ1) is 16.3. The topological polar surface area (TPSA) is 70.0 Å². The molecule has 0 bridgehead atoms. The van der Waals surface area contributed by atoms with Crippen LogP contribution >= 0.6 is 0 Å². The van der Waals surface area contributed by atoms with Crippen molar-refractivity contribution in [1.82, 2.24) is 12.3 Å². The Labute approximate surface area is 72.2 Å². The summed E-state index contributed by atoms with van der Waals surface area (Å²) in [5, 5.41) is 0. The van der Waals surface area contributed by atoms with Crippen molar-refractivity contribution in [3.8, 4) is 0 Å². The van der Waals surface area contributed by atoms with Crippen molar-refractivity contribution in [2.75, 3.05) is 0 Å². The maximum absolute atomic E-state index is 1.50. The van der Waals surface area contributed by atoms with Crippen LogP contribution in [0.3, 0.4) is 0 Å². The predicted octanol–water partition coefficient (Wildman–Crippen LogP) is 2.66. The third kappa shape index (κ3) is 8.61. The van der Waals surface area contributed by atoms with E-state index in [1.807, 2.05) is 0 Å². The molecule has 1 fully saturated rings. The average Bonchev–Trinajstić information content (AvgIpc) is 1.72. The van der Waals surface area contributed by atoms with E-state index < -0.39 is 0 Å². The third-order valence-electron chi connectivity index (χ3n) is 1.50. The first-order valence-corrected chi connectivity index (χ1v) is 3.00. The van der Waals surface area contributed by atoms with Gasteiger partial charge in [-0.25, -0.2) is 0 Å². The Morgan fingerprint density at radius 2 is 0.556 bits per heavy atom. The molecule has 0 heterocycles. The van der Waals surface area contributed by atoms with Gasteiger partial charge in [0.25, 0.3) is 0 Å². The van der Waals surface area contributed by atoms with Gasteiger partial charge in [-0.05, 0) is 0 Å². The van der Waals surface area contributed by atoms with Crippen LogP contribution in [0.15, 0.2) is 0 Å². The first-order chi connectivity index (χ1) is 3.00. The van der Waals surface area contributed by atoms with Crippen LogP contribution in [0.1, 0.15) is 38.5 Å². The fourth-order valence-electron chi connectivity index (χ4n) is 1.06. The van der Waals surface area contributed by atoms with E-state index >= 15 is 0 Å². The zero-order chi connectivity index (χ0) is 4.24. The molecule has 0 radical (unpaired) electrons. The fourth-order valence-corrected chi connectivity index (χ4v) is 1.06. The van der Waals surface area contributed by atoms with E-state index in [4.69, 9.17) is 0 Å². The molecule has 6 N–H and O–H groups in total. The van der Waals surface area contributed by atoms with Crippen LogP contribution < -0.4 is 12.3 Å². The molecule has 0 atom stereocenters. The van der Waals surface area contributed by atoms with Gasteiger partial charge in [-0.3, -0.25) is 0 Å². The van der Waals surface area contributed by atoms with Crippen molar-refractivity contribution < 1.29 is 21.1 Å². The molecule has 1 aliphatic carbocycles. The molecule has 0 amide bonds. The second-order valence-electron chi connectivity index (χ2n) is 2.12. The molecule has 1 aliphatic rings. The van der Waals surface area contributed by atoms with Gasteiger partial charge in [0.2, 0.25) is 0 Å². The van der Waals surface area contributed by atoms with Crippen molar-refractivity contribution in [3.63, 3.8) is 0 Å². The standard InChI is InChI=1S/C6H12.2H3N.Pt/c1-2-4-6-5-3-1;;;/h1-6H2;2*1H3;. The normalized spacial score (nSPS) is 16.0. The summed E-state index contributed by atoms with van der Waals surface area (Å²) in [6.45, 7) is 0. The SMILES string of the molecule is C1CCCCC1.N.N.[Pt]. The number of hydrogen-bond acceptors (Lipinski definition) is 2. The minimum Gasteiger partial charge on any atom is -0.344 e. The molecule has 9 heavy (non-hydrogen) atoms. The number of rotatable bonds is 0. The summed E-state index contributed by atoms with van der Waals surface area (Å²) in [5.74, 6) is 0. The Morgan fingerprint density at radius 1 is 0.444 bits per heavy atom. The summed E-state index contributed by atoms with van der Waals surface area (Å²) in [5.41, 5.74) is 0. The second kappa shape index (κ2) is 11.4. The molecule has 1 rings (SSSR count). The molecule has 0 aromatic rings. The molecule has 62 valence electrons. The maximum Gasteiger partial charge on any atom is 0 e. The fraction of sp³-hybridized carbons (Fsp3) is 1.00. The summed E-state index contributed by atoms with van der Waals surface area (Å²) < 4.78 is 0. The Morgan fingerprint density at radius 3 is 0.667 bits per heavy atom. The summed E-state index contributed by atoms with van der Waals surface area (Å²) in [7, 11) is 0. The summed E-state index contributed by atoms with van der Waals surface area (Å²) in [4.78, 5) is 0. The van der Waals surface area contributed by atoms with E-state index in [2.05, 4.69) is 0 Å². The predicted molar refractivity (Wildman–Crippen MR) is 37.7 cm³/mol. The Balaban J connectivity index is -0.000000120. The molecule has 0 aromatic heterocycles. The van der Waals surface area contributed by atoms with Gasteiger partial charge in [-0.2, -0.15) is 0 Å². The van der Waals surface area contributed by atoms with Crippen molar-refractivity contribution in [3.05, 3.63) is 0 Å². The minimum absolute atomic E-state index is 0. The van der Waals surface area contributed by atoms with Crippen LogP contribution in [0.4, 0.5) is 0 Å². The summed E-state index contributed by atoms with van der Waals surface area (Å²) in [6, 6.07) is 0. The molecular weight excluding hydrogens is 295 g/mol. The quantitative estimate of drug-likeness (QED) is 0.722. The zero-order valence-corrected chi connectivity index (χ0v) is 8.25.